The Hall–Kier alpha value is -2.37. The van der Waals surface area contributed by atoms with Crippen molar-refractivity contribution in [2.24, 2.45) is 13.0 Å². The zero-order valence-electron chi connectivity index (χ0n) is 11.4. The lowest BCUT2D eigenvalue weighted by Gasteiger charge is -2.16. The SMILES string of the molecule is COC(=O)C1CC(=O)N(c2ccc3c(cnn3C)c2)C1. The molecule has 2 aromatic rings. The summed E-state index contributed by atoms with van der Waals surface area (Å²) in [4.78, 5) is 25.2. The molecule has 1 aliphatic heterocycles. The van der Waals surface area contributed by atoms with E-state index in [0.717, 1.165) is 16.6 Å². The monoisotopic (exact) mass is 273 g/mol. The number of fused-ring (bicyclic) bond motifs is 1. The first kappa shape index (κ1) is 12.7. The van der Waals surface area contributed by atoms with Gasteiger partial charge in [-0.1, -0.05) is 0 Å². The van der Waals surface area contributed by atoms with Crippen molar-refractivity contribution >= 4 is 28.5 Å². The van der Waals surface area contributed by atoms with Gasteiger partial charge in [-0.15, -0.1) is 0 Å². The molecule has 1 unspecified atom stereocenters. The Morgan fingerprint density at radius 1 is 1.45 bits per heavy atom. The molecule has 1 aromatic carbocycles. The van der Waals surface area contributed by atoms with E-state index in [2.05, 4.69) is 5.10 Å². The third-order valence-corrected chi connectivity index (χ3v) is 3.70. The smallest absolute Gasteiger partial charge is 0.311 e. The fourth-order valence-electron chi connectivity index (χ4n) is 2.60. The van der Waals surface area contributed by atoms with Crippen molar-refractivity contribution in [3.63, 3.8) is 0 Å². The van der Waals surface area contributed by atoms with E-state index < -0.39 is 0 Å². The molecular weight excluding hydrogens is 258 g/mol. The number of carbonyl (C=O) groups is 2. The molecule has 0 spiro atoms. The Kier molecular flexibility index (Phi) is 2.93. The number of hydrogen-bond donors (Lipinski definition) is 0. The molecule has 1 aliphatic rings. The van der Waals surface area contributed by atoms with Crippen LogP contribution in [0.5, 0.6) is 0 Å². The van der Waals surface area contributed by atoms with Crippen molar-refractivity contribution in [3.8, 4) is 0 Å². The van der Waals surface area contributed by atoms with Gasteiger partial charge in [-0.05, 0) is 18.2 Å². The Morgan fingerprint density at radius 3 is 3.00 bits per heavy atom. The molecular formula is C14H15N3O3. The summed E-state index contributed by atoms with van der Waals surface area (Å²) in [6, 6.07) is 5.72. The summed E-state index contributed by atoms with van der Waals surface area (Å²) < 4.78 is 6.49. The van der Waals surface area contributed by atoms with Crippen LogP contribution >= 0.6 is 0 Å². The number of esters is 1. The molecule has 6 nitrogen and oxygen atoms in total. The van der Waals surface area contributed by atoms with Crippen LogP contribution in [0.2, 0.25) is 0 Å². The first-order valence-electron chi connectivity index (χ1n) is 6.40. The molecule has 20 heavy (non-hydrogen) atoms. The highest BCUT2D eigenvalue weighted by atomic mass is 16.5. The number of benzene rings is 1. The average Bonchev–Trinajstić information content (AvgIpc) is 3.01. The summed E-state index contributed by atoms with van der Waals surface area (Å²) in [5, 5.41) is 5.15. The second-order valence-corrected chi connectivity index (χ2v) is 4.94. The lowest BCUT2D eigenvalue weighted by molar-refractivity contribution is -0.145. The molecule has 2 heterocycles. The van der Waals surface area contributed by atoms with Crippen LogP contribution in [0.15, 0.2) is 24.4 Å². The van der Waals surface area contributed by atoms with Gasteiger partial charge in [-0.2, -0.15) is 5.10 Å². The largest absolute Gasteiger partial charge is 0.469 e. The van der Waals surface area contributed by atoms with Crippen molar-refractivity contribution in [2.75, 3.05) is 18.6 Å². The first-order chi connectivity index (χ1) is 9.60. The molecule has 3 rings (SSSR count). The summed E-state index contributed by atoms with van der Waals surface area (Å²) in [5.74, 6) is -0.760. The predicted octanol–water partition coefficient (Wildman–Crippen LogP) is 1.10. The van der Waals surface area contributed by atoms with Crippen molar-refractivity contribution in [2.45, 2.75) is 6.42 Å². The number of aromatic nitrogens is 2. The van der Waals surface area contributed by atoms with Crippen molar-refractivity contribution in [3.05, 3.63) is 24.4 Å². The van der Waals surface area contributed by atoms with Crippen LogP contribution in [-0.4, -0.2) is 35.3 Å². The van der Waals surface area contributed by atoms with E-state index in [9.17, 15) is 9.59 Å². The second kappa shape index (κ2) is 4.63. The zero-order valence-corrected chi connectivity index (χ0v) is 11.4. The molecule has 0 radical (unpaired) electrons. The summed E-state index contributed by atoms with van der Waals surface area (Å²) >= 11 is 0. The number of carbonyl (C=O) groups excluding carboxylic acids is 2. The normalized spacial score (nSPS) is 18.8. The molecule has 104 valence electrons. The average molecular weight is 273 g/mol. The van der Waals surface area contributed by atoms with Gasteiger partial charge in [0.1, 0.15) is 0 Å². The van der Waals surface area contributed by atoms with E-state index in [1.54, 1.807) is 15.8 Å². The van der Waals surface area contributed by atoms with Gasteiger partial charge in [-0.25, -0.2) is 0 Å². The van der Waals surface area contributed by atoms with E-state index in [1.165, 1.54) is 7.11 Å². The predicted molar refractivity (Wildman–Crippen MR) is 73.2 cm³/mol. The van der Waals surface area contributed by atoms with E-state index in [0.29, 0.717) is 6.54 Å². The molecule has 1 aromatic heterocycles. The van der Waals surface area contributed by atoms with Crippen molar-refractivity contribution < 1.29 is 14.3 Å². The fraction of sp³-hybridized carbons (Fsp3) is 0.357. The Labute approximate surface area is 115 Å². The van der Waals surface area contributed by atoms with Gasteiger partial charge in [-0.3, -0.25) is 14.3 Å². The maximum absolute atomic E-state index is 12.0. The second-order valence-electron chi connectivity index (χ2n) is 4.94. The number of aryl methyl sites for hydroxylation is 1. The third-order valence-electron chi connectivity index (χ3n) is 3.70. The van der Waals surface area contributed by atoms with Crippen LogP contribution in [0.3, 0.4) is 0 Å². The Balaban J connectivity index is 1.91. The minimum absolute atomic E-state index is 0.0522. The van der Waals surface area contributed by atoms with Gasteiger partial charge < -0.3 is 9.64 Å². The van der Waals surface area contributed by atoms with Crippen LogP contribution in [-0.2, 0) is 21.4 Å². The summed E-state index contributed by atoms with van der Waals surface area (Å²) in [5.41, 5.74) is 1.80. The lowest BCUT2D eigenvalue weighted by Crippen LogP contribution is -2.26. The number of methoxy groups -OCH3 is 1. The van der Waals surface area contributed by atoms with Crippen LogP contribution in [0.25, 0.3) is 10.9 Å². The van der Waals surface area contributed by atoms with Gasteiger partial charge >= 0.3 is 5.97 Å². The summed E-state index contributed by atoms with van der Waals surface area (Å²) in [7, 11) is 3.22. The zero-order chi connectivity index (χ0) is 14.3. The van der Waals surface area contributed by atoms with Crippen LogP contribution in [0, 0.1) is 5.92 Å². The highest BCUT2D eigenvalue weighted by molar-refractivity contribution is 6.00. The molecule has 6 heteroatoms. The molecule has 1 fully saturated rings. The van der Waals surface area contributed by atoms with Gasteiger partial charge in [0, 0.05) is 31.1 Å². The molecule has 0 N–H and O–H groups in total. The van der Waals surface area contributed by atoms with Gasteiger partial charge in [0.25, 0.3) is 0 Å². The van der Waals surface area contributed by atoms with Crippen molar-refractivity contribution in [1.29, 1.82) is 0 Å². The molecule has 1 saturated heterocycles. The van der Waals surface area contributed by atoms with E-state index in [1.807, 2.05) is 25.2 Å². The summed E-state index contributed by atoms with van der Waals surface area (Å²) in [6.07, 6.45) is 1.97. The topological polar surface area (TPSA) is 64.4 Å². The highest BCUT2D eigenvalue weighted by Gasteiger charge is 2.35. The number of hydrogen-bond acceptors (Lipinski definition) is 4. The maximum Gasteiger partial charge on any atom is 0.311 e. The third kappa shape index (κ3) is 1.93. The molecule has 0 saturated carbocycles. The van der Waals surface area contributed by atoms with Gasteiger partial charge in [0.05, 0.1) is 24.7 Å². The van der Waals surface area contributed by atoms with Crippen LogP contribution in [0.1, 0.15) is 6.42 Å². The van der Waals surface area contributed by atoms with Gasteiger partial charge in [0.15, 0.2) is 0 Å². The molecule has 1 atom stereocenters. The Bertz CT molecular complexity index is 692. The number of rotatable bonds is 2. The Morgan fingerprint density at radius 2 is 2.25 bits per heavy atom. The fourth-order valence-corrected chi connectivity index (χ4v) is 2.60. The minimum atomic E-state index is -0.378. The standard InChI is InChI=1S/C14H15N3O3/c1-16-12-4-3-11(5-9(12)7-15-16)17-8-10(6-13(17)18)14(19)20-2/h3-5,7,10H,6,8H2,1-2H3. The minimum Gasteiger partial charge on any atom is -0.469 e. The van der Waals surface area contributed by atoms with E-state index in [-0.39, 0.29) is 24.2 Å². The van der Waals surface area contributed by atoms with Crippen LogP contribution in [0.4, 0.5) is 5.69 Å². The van der Waals surface area contributed by atoms with Crippen LogP contribution < -0.4 is 4.90 Å². The van der Waals surface area contributed by atoms with Crippen molar-refractivity contribution in [1.82, 2.24) is 9.78 Å². The molecule has 1 amide bonds. The maximum atomic E-state index is 12.0. The number of nitrogens with zero attached hydrogens (tertiary/aromatic N) is 3. The quantitative estimate of drug-likeness (QED) is 0.769. The van der Waals surface area contributed by atoms with Gasteiger partial charge in [0.2, 0.25) is 5.91 Å². The lowest BCUT2D eigenvalue weighted by atomic mass is 10.1. The first-order valence-corrected chi connectivity index (χ1v) is 6.40. The highest BCUT2D eigenvalue weighted by Crippen LogP contribution is 2.28. The molecule has 0 bridgehead atoms. The number of ether oxygens (including phenoxy) is 1. The molecule has 0 aliphatic carbocycles. The number of anilines is 1. The number of amides is 1. The van der Waals surface area contributed by atoms with E-state index in [4.69, 9.17) is 4.74 Å². The summed E-state index contributed by atoms with van der Waals surface area (Å²) in [6.45, 7) is 0.372. The van der Waals surface area contributed by atoms with E-state index >= 15 is 0 Å².